The number of rotatable bonds is 8. The van der Waals surface area contributed by atoms with Crippen molar-refractivity contribution in [2.75, 3.05) is 41.3 Å². The minimum absolute atomic E-state index is 0.0254. The highest BCUT2D eigenvalue weighted by atomic mass is 16.5. The Balaban J connectivity index is 1.99. The second-order valence-electron chi connectivity index (χ2n) is 6.79. The molecular formula is C22H30N4O2. The summed E-state index contributed by atoms with van der Waals surface area (Å²) in [4.78, 5) is 20.0. The highest BCUT2D eigenvalue weighted by Crippen LogP contribution is 2.11. The number of ether oxygens (including phenoxy) is 1. The first-order valence-electron chi connectivity index (χ1n) is 9.36. The van der Waals surface area contributed by atoms with Gasteiger partial charge in [-0.1, -0.05) is 42.5 Å². The minimum Gasteiger partial charge on any atom is -0.497 e. The molecule has 0 saturated carbocycles. The number of likely N-dealkylation sites (N-methyl/N-ethyl adjacent to an activating group) is 1. The average Bonchev–Trinajstić information content (AvgIpc) is 2.71. The summed E-state index contributed by atoms with van der Waals surface area (Å²) in [7, 11) is 7.12. The van der Waals surface area contributed by atoms with Crippen molar-refractivity contribution in [2.45, 2.75) is 13.0 Å². The first-order chi connectivity index (χ1) is 13.5. The Morgan fingerprint density at radius 1 is 1.00 bits per heavy atom. The first-order valence-corrected chi connectivity index (χ1v) is 9.36. The molecule has 2 aromatic carbocycles. The van der Waals surface area contributed by atoms with Gasteiger partial charge < -0.3 is 19.9 Å². The van der Waals surface area contributed by atoms with E-state index >= 15 is 0 Å². The Labute approximate surface area is 167 Å². The van der Waals surface area contributed by atoms with Gasteiger partial charge in [0.2, 0.25) is 5.91 Å². The van der Waals surface area contributed by atoms with E-state index in [1.54, 1.807) is 26.1 Å². The van der Waals surface area contributed by atoms with Crippen LogP contribution in [0.15, 0.2) is 59.6 Å². The molecule has 2 aromatic rings. The van der Waals surface area contributed by atoms with Crippen LogP contribution < -0.4 is 10.1 Å². The molecule has 0 saturated heterocycles. The van der Waals surface area contributed by atoms with E-state index in [4.69, 9.17) is 4.74 Å². The molecule has 0 heterocycles. The third kappa shape index (κ3) is 6.95. The minimum atomic E-state index is -0.0254. The number of hydrogen-bond donors (Lipinski definition) is 1. The lowest BCUT2D eigenvalue weighted by atomic mass is 10.1. The largest absolute Gasteiger partial charge is 0.497 e. The van der Waals surface area contributed by atoms with Crippen LogP contribution in [0.2, 0.25) is 0 Å². The first kappa shape index (κ1) is 21.3. The molecule has 1 N–H and O–H groups in total. The molecule has 2 rings (SSSR count). The summed E-state index contributed by atoms with van der Waals surface area (Å²) in [6.45, 7) is 1.56. The smallest absolute Gasteiger partial charge is 0.243 e. The molecular weight excluding hydrogens is 352 g/mol. The molecule has 6 heteroatoms. The number of methoxy groups -OCH3 is 1. The van der Waals surface area contributed by atoms with E-state index in [1.807, 2.05) is 42.3 Å². The monoisotopic (exact) mass is 382 g/mol. The molecule has 0 unspecified atom stereocenters. The topological polar surface area (TPSA) is 57.2 Å². The summed E-state index contributed by atoms with van der Waals surface area (Å²) in [5.74, 6) is 1.54. The number of carbonyl (C=O) groups is 1. The van der Waals surface area contributed by atoms with Crippen LogP contribution >= 0.6 is 0 Å². The molecule has 150 valence electrons. The normalized spacial score (nSPS) is 11.1. The maximum absolute atomic E-state index is 11.9. The van der Waals surface area contributed by atoms with Crippen LogP contribution in [0.1, 0.15) is 11.1 Å². The number of nitrogens with zero attached hydrogens (tertiary/aromatic N) is 3. The number of hydrogen-bond acceptors (Lipinski definition) is 3. The number of carbonyl (C=O) groups excluding carboxylic acids is 1. The van der Waals surface area contributed by atoms with Crippen LogP contribution in [-0.2, 0) is 17.8 Å². The molecule has 0 fully saturated rings. The van der Waals surface area contributed by atoms with Crippen LogP contribution in [0, 0.1) is 0 Å². The third-order valence-corrected chi connectivity index (χ3v) is 4.34. The Bertz CT molecular complexity index is 758. The quantitative estimate of drug-likeness (QED) is 0.563. The van der Waals surface area contributed by atoms with Gasteiger partial charge in [-0.25, -0.2) is 4.99 Å². The maximum atomic E-state index is 11.9. The predicted molar refractivity (Wildman–Crippen MR) is 114 cm³/mol. The van der Waals surface area contributed by atoms with Gasteiger partial charge in [0.15, 0.2) is 5.96 Å². The lowest BCUT2D eigenvalue weighted by Gasteiger charge is -2.23. The van der Waals surface area contributed by atoms with Crippen LogP contribution in [0.4, 0.5) is 0 Å². The van der Waals surface area contributed by atoms with E-state index in [0.717, 1.165) is 18.7 Å². The number of aliphatic imine (C=N–C) groups is 1. The third-order valence-electron chi connectivity index (χ3n) is 4.34. The number of nitrogens with one attached hydrogen (secondary N) is 1. The van der Waals surface area contributed by atoms with Gasteiger partial charge in [-0.2, -0.15) is 0 Å². The van der Waals surface area contributed by atoms with E-state index in [-0.39, 0.29) is 12.5 Å². The molecule has 0 aromatic heterocycles. The molecule has 0 spiro atoms. The molecule has 0 aliphatic rings. The predicted octanol–water partition coefficient (Wildman–Crippen LogP) is 2.40. The average molecular weight is 383 g/mol. The Hall–Kier alpha value is -3.02. The SMILES string of the molecule is COc1ccc(CCNC(=NCC(=O)N(C)C)N(C)Cc2ccccc2)cc1. The zero-order valence-electron chi connectivity index (χ0n) is 17.2. The summed E-state index contributed by atoms with van der Waals surface area (Å²) >= 11 is 0. The van der Waals surface area contributed by atoms with Gasteiger partial charge in [-0.3, -0.25) is 4.79 Å². The highest BCUT2D eigenvalue weighted by Gasteiger charge is 2.09. The van der Waals surface area contributed by atoms with Crippen molar-refractivity contribution < 1.29 is 9.53 Å². The molecule has 6 nitrogen and oxygen atoms in total. The van der Waals surface area contributed by atoms with Crippen molar-refractivity contribution in [1.29, 1.82) is 0 Å². The summed E-state index contributed by atoms with van der Waals surface area (Å²) in [6, 6.07) is 18.2. The van der Waals surface area contributed by atoms with Crippen LogP contribution in [-0.4, -0.2) is 63.0 Å². The molecule has 0 bridgehead atoms. The molecule has 1 amide bonds. The fourth-order valence-electron chi connectivity index (χ4n) is 2.64. The van der Waals surface area contributed by atoms with E-state index in [0.29, 0.717) is 12.5 Å². The lowest BCUT2D eigenvalue weighted by molar-refractivity contribution is -0.127. The molecule has 0 aliphatic carbocycles. The lowest BCUT2D eigenvalue weighted by Crippen LogP contribution is -2.40. The van der Waals surface area contributed by atoms with Crippen molar-refractivity contribution in [1.82, 2.24) is 15.1 Å². The molecule has 0 radical (unpaired) electrons. The van der Waals surface area contributed by atoms with E-state index in [1.165, 1.54) is 11.1 Å². The van der Waals surface area contributed by atoms with E-state index in [9.17, 15) is 4.79 Å². The zero-order valence-corrected chi connectivity index (χ0v) is 17.2. The Morgan fingerprint density at radius 3 is 2.29 bits per heavy atom. The second-order valence-corrected chi connectivity index (χ2v) is 6.79. The van der Waals surface area contributed by atoms with Crippen molar-refractivity contribution in [3.05, 3.63) is 65.7 Å². The van der Waals surface area contributed by atoms with Crippen LogP contribution in [0.25, 0.3) is 0 Å². The van der Waals surface area contributed by atoms with Gasteiger partial charge in [-0.05, 0) is 29.7 Å². The summed E-state index contributed by atoms with van der Waals surface area (Å²) in [5.41, 5.74) is 2.40. The van der Waals surface area contributed by atoms with Crippen LogP contribution in [0.5, 0.6) is 5.75 Å². The summed E-state index contributed by atoms with van der Waals surface area (Å²) < 4.78 is 5.20. The van der Waals surface area contributed by atoms with E-state index in [2.05, 4.69) is 34.6 Å². The van der Waals surface area contributed by atoms with Crippen molar-refractivity contribution in [3.8, 4) is 5.75 Å². The van der Waals surface area contributed by atoms with Crippen LogP contribution in [0.3, 0.4) is 0 Å². The number of benzene rings is 2. The van der Waals surface area contributed by atoms with Crippen molar-refractivity contribution >= 4 is 11.9 Å². The van der Waals surface area contributed by atoms with Crippen molar-refractivity contribution in [2.24, 2.45) is 4.99 Å². The summed E-state index contributed by atoms with van der Waals surface area (Å²) in [5, 5.41) is 3.39. The number of guanidine groups is 1. The molecule has 0 atom stereocenters. The van der Waals surface area contributed by atoms with Gasteiger partial charge in [-0.15, -0.1) is 0 Å². The Morgan fingerprint density at radius 2 is 1.68 bits per heavy atom. The Kier molecular flexibility index (Phi) is 8.34. The van der Waals surface area contributed by atoms with E-state index < -0.39 is 0 Å². The molecule has 28 heavy (non-hydrogen) atoms. The highest BCUT2D eigenvalue weighted by molar-refractivity contribution is 5.84. The van der Waals surface area contributed by atoms with Gasteiger partial charge in [0, 0.05) is 34.2 Å². The molecule has 0 aliphatic heterocycles. The maximum Gasteiger partial charge on any atom is 0.243 e. The zero-order chi connectivity index (χ0) is 20.4. The van der Waals surface area contributed by atoms with Gasteiger partial charge >= 0.3 is 0 Å². The fraction of sp³-hybridized carbons (Fsp3) is 0.364. The summed E-state index contributed by atoms with van der Waals surface area (Å²) in [6.07, 6.45) is 0.851. The van der Waals surface area contributed by atoms with Crippen molar-refractivity contribution in [3.63, 3.8) is 0 Å². The standard InChI is InChI=1S/C22H30N4O2/c1-25(2)21(27)16-24-22(26(3)17-19-8-6-5-7-9-19)23-15-14-18-10-12-20(28-4)13-11-18/h5-13H,14-17H2,1-4H3,(H,23,24). The van der Waals surface area contributed by atoms with Gasteiger partial charge in [0.25, 0.3) is 0 Å². The van der Waals surface area contributed by atoms with Gasteiger partial charge in [0.05, 0.1) is 7.11 Å². The second kappa shape index (κ2) is 11.0. The number of amides is 1. The van der Waals surface area contributed by atoms with Gasteiger partial charge in [0.1, 0.15) is 12.3 Å². The fourth-order valence-corrected chi connectivity index (χ4v) is 2.64.